The van der Waals surface area contributed by atoms with Crippen molar-refractivity contribution in [3.63, 3.8) is 0 Å². The summed E-state index contributed by atoms with van der Waals surface area (Å²) in [5, 5.41) is 0.938. The molecule has 3 rings (SSSR count). The summed E-state index contributed by atoms with van der Waals surface area (Å²) < 4.78 is 44.0. The van der Waals surface area contributed by atoms with Crippen LogP contribution in [0.5, 0.6) is 0 Å². The molecule has 0 aliphatic carbocycles. The summed E-state index contributed by atoms with van der Waals surface area (Å²) in [6.07, 6.45) is -2.66. The van der Waals surface area contributed by atoms with Gasteiger partial charge in [-0.05, 0) is 36.4 Å². The zero-order chi connectivity index (χ0) is 14.3. The van der Waals surface area contributed by atoms with Crippen LogP contribution in [0.3, 0.4) is 0 Å². The van der Waals surface area contributed by atoms with Crippen LogP contribution in [0.2, 0.25) is 0 Å². The number of benzene rings is 1. The van der Waals surface area contributed by atoms with E-state index in [-0.39, 0.29) is 12.3 Å². The number of nitrogens with zero attached hydrogens (tertiary/aromatic N) is 1. The maximum absolute atomic E-state index is 12.5. The van der Waals surface area contributed by atoms with Gasteiger partial charge in [-0.25, -0.2) is 0 Å². The Balaban J connectivity index is 1.91. The highest BCUT2D eigenvalue weighted by Gasteiger charge is 2.34. The van der Waals surface area contributed by atoms with Crippen molar-refractivity contribution < 1.29 is 17.6 Å². The first-order valence-corrected chi connectivity index (χ1v) is 5.94. The summed E-state index contributed by atoms with van der Waals surface area (Å²) in [7, 11) is 0. The van der Waals surface area contributed by atoms with E-state index in [2.05, 4.69) is 0 Å². The molecule has 3 aromatic rings. The highest BCUT2D eigenvalue weighted by atomic mass is 19.4. The van der Waals surface area contributed by atoms with Crippen molar-refractivity contribution in [1.29, 1.82) is 0 Å². The highest BCUT2D eigenvalue weighted by Crippen LogP contribution is 2.31. The molecule has 0 aliphatic rings. The van der Waals surface area contributed by atoms with Gasteiger partial charge in [-0.1, -0.05) is 0 Å². The lowest BCUT2D eigenvalue weighted by Gasteiger charge is -2.04. The van der Waals surface area contributed by atoms with E-state index in [1.54, 1.807) is 12.3 Å². The molecule has 6 heteroatoms. The second-order valence-electron chi connectivity index (χ2n) is 4.53. The Labute approximate surface area is 112 Å². The highest BCUT2D eigenvalue weighted by molar-refractivity contribution is 5.83. The SMILES string of the molecule is Nc1ccc2c(ccn2Cc2ccc(C(F)(F)F)o2)c1. The monoisotopic (exact) mass is 280 g/mol. The maximum atomic E-state index is 12.5. The molecule has 0 saturated carbocycles. The van der Waals surface area contributed by atoms with E-state index in [0.29, 0.717) is 5.69 Å². The topological polar surface area (TPSA) is 44.1 Å². The molecule has 2 heterocycles. The van der Waals surface area contributed by atoms with Gasteiger partial charge in [-0.2, -0.15) is 13.2 Å². The Morgan fingerprint density at radius 3 is 2.60 bits per heavy atom. The van der Waals surface area contributed by atoms with Gasteiger partial charge in [0, 0.05) is 22.8 Å². The molecule has 20 heavy (non-hydrogen) atoms. The zero-order valence-electron chi connectivity index (χ0n) is 10.3. The van der Waals surface area contributed by atoms with Crippen LogP contribution < -0.4 is 5.73 Å². The Bertz CT molecular complexity index is 755. The lowest BCUT2D eigenvalue weighted by Crippen LogP contribution is -2.02. The van der Waals surface area contributed by atoms with Crippen LogP contribution in [0.4, 0.5) is 18.9 Å². The number of alkyl halides is 3. The first kappa shape index (κ1) is 12.7. The molecular formula is C14H11F3N2O. The quantitative estimate of drug-likeness (QED) is 0.724. The minimum atomic E-state index is -4.45. The summed E-state index contributed by atoms with van der Waals surface area (Å²) >= 11 is 0. The summed E-state index contributed by atoms with van der Waals surface area (Å²) in [4.78, 5) is 0. The molecule has 0 amide bonds. The number of halogens is 3. The minimum Gasteiger partial charge on any atom is -0.455 e. The third kappa shape index (κ3) is 2.24. The van der Waals surface area contributed by atoms with Crippen LogP contribution in [0.1, 0.15) is 11.5 Å². The van der Waals surface area contributed by atoms with Crippen molar-refractivity contribution in [2.24, 2.45) is 0 Å². The average Bonchev–Trinajstić information content (AvgIpc) is 2.96. The van der Waals surface area contributed by atoms with Gasteiger partial charge in [0.1, 0.15) is 5.76 Å². The normalized spacial score (nSPS) is 12.2. The molecule has 0 bridgehead atoms. The number of hydrogen-bond acceptors (Lipinski definition) is 2. The molecular weight excluding hydrogens is 269 g/mol. The smallest absolute Gasteiger partial charge is 0.449 e. The Morgan fingerprint density at radius 2 is 1.90 bits per heavy atom. The van der Waals surface area contributed by atoms with Gasteiger partial charge in [0.2, 0.25) is 5.76 Å². The predicted molar refractivity (Wildman–Crippen MR) is 69.2 cm³/mol. The standard InChI is InChI=1S/C14H11F3N2O/c15-14(16,17)13-4-2-11(20-13)8-19-6-5-9-7-10(18)1-3-12(9)19/h1-7H,8,18H2. The van der Waals surface area contributed by atoms with Crippen LogP contribution >= 0.6 is 0 Å². The largest absolute Gasteiger partial charge is 0.455 e. The van der Waals surface area contributed by atoms with Gasteiger partial charge in [0.15, 0.2) is 0 Å². The maximum Gasteiger partial charge on any atom is 0.449 e. The number of furan rings is 1. The first-order chi connectivity index (χ1) is 9.43. The summed E-state index contributed by atoms with van der Waals surface area (Å²) in [5.41, 5.74) is 7.22. The van der Waals surface area contributed by atoms with Crippen molar-refractivity contribution in [3.8, 4) is 0 Å². The molecule has 0 aliphatic heterocycles. The van der Waals surface area contributed by atoms with Crippen LogP contribution in [-0.2, 0) is 12.7 Å². The van der Waals surface area contributed by atoms with E-state index in [1.165, 1.54) is 6.07 Å². The number of rotatable bonds is 2. The molecule has 1 aromatic carbocycles. The van der Waals surface area contributed by atoms with E-state index in [1.807, 2.05) is 22.8 Å². The van der Waals surface area contributed by atoms with Crippen molar-refractivity contribution in [1.82, 2.24) is 4.57 Å². The number of anilines is 1. The van der Waals surface area contributed by atoms with Crippen molar-refractivity contribution in [2.75, 3.05) is 5.73 Å². The molecule has 3 nitrogen and oxygen atoms in total. The van der Waals surface area contributed by atoms with Crippen LogP contribution in [-0.4, -0.2) is 4.57 Å². The fourth-order valence-corrected chi connectivity index (χ4v) is 2.14. The second kappa shape index (κ2) is 4.33. The van der Waals surface area contributed by atoms with E-state index in [9.17, 15) is 13.2 Å². The van der Waals surface area contributed by atoms with Gasteiger partial charge in [-0.3, -0.25) is 0 Å². The molecule has 2 aromatic heterocycles. The molecule has 0 saturated heterocycles. The lowest BCUT2D eigenvalue weighted by molar-refractivity contribution is -0.153. The fourth-order valence-electron chi connectivity index (χ4n) is 2.14. The Morgan fingerprint density at radius 1 is 1.10 bits per heavy atom. The molecule has 2 N–H and O–H groups in total. The molecule has 0 spiro atoms. The van der Waals surface area contributed by atoms with Gasteiger partial charge in [-0.15, -0.1) is 0 Å². The van der Waals surface area contributed by atoms with E-state index in [4.69, 9.17) is 10.2 Å². The van der Waals surface area contributed by atoms with Crippen molar-refractivity contribution in [3.05, 3.63) is 54.1 Å². The third-order valence-corrected chi connectivity index (χ3v) is 3.06. The number of fused-ring (bicyclic) bond motifs is 1. The number of nitrogen functional groups attached to an aromatic ring is 1. The van der Waals surface area contributed by atoms with E-state index >= 15 is 0 Å². The van der Waals surface area contributed by atoms with Gasteiger partial charge in [0.05, 0.1) is 6.54 Å². The molecule has 0 atom stereocenters. The molecule has 104 valence electrons. The fraction of sp³-hybridized carbons (Fsp3) is 0.143. The van der Waals surface area contributed by atoms with E-state index in [0.717, 1.165) is 17.0 Å². The van der Waals surface area contributed by atoms with Crippen LogP contribution in [0.25, 0.3) is 10.9 Å². The second-order valence-corrected chi connectivity index (χ2v) is 4.53. The van der Waals surface area contributed by atoms with Crippen LogP contribution in [0, 0.1) is 0 Å². The summed E-state index contributed by atoms with van der Waals surface area (Å²) in [5.74, 6) is -0.722. The number of hydrogen-bond donors (Lipinski definition) is 1. The number of aromatic nitrogens is 1. The van der Waals surface area contributed by atoms with Gasteiger partial charge < -0.3 is 14.7 Å². The lowest BCUT2D eigenvalue weighted by atomic mass is 10.2. The van der Waals surface area contributed by atoms with Gasteiger partial charge in [0.25, 0.3) is 0 Å². The predicted octanol–water partition coefficient (Wildman–Crippen LogP) is 3.88. The Kier molecular flexibility index (Phi) is 2.74. The molecule has 0 fully saturated rings. The third-order valence-electron chi connectivity index (χ3n) is 3.06. The average molecular weight is 280 g/mol. The van der Waals surface area contributed by atoms with Crippen LogP contribution in [0.15, 0.2) is 47.0 Å². The summed E-state index contributed by atoms with van der Waals surface area (Å²) in [6, 6.07) is 9.54. The number of nitrogens with two attached hydrogens (primary N) is 1. The van der Waals surface area contributed by atoms with Crippen molar-refractivity contribution >= 4 is 16.6 Å². The zero-order valence-corrected chi connectivity index (χ0v) is 10.3. The molecule has 0 unspecified atom stereocenters. The first-order valence-electron chi connectivity index (χ1n) is 5.94. The molecule has 0 radical (unpaired) electrons. The van der Waals surface area contributed by atoms with Gasteiger partial charge >= 0.3 is 6.18 Å². The Hall–Kier alpha value is -2.37. The summed E-state index contributed by atoms with van der Waals surface area (Å²) in [6.45, 7) is 0.240. The van der Waals surface area contributed by atoms with Crippen molar-refractivity contribution in [2.45, 2.75) is 12.7 Å². The van der Waals surface area contributed by atoms with E-state index < -0.39 is 11.9 Å². The minimum absolute atomic E-state index is 0.240.